The van der Waals surface area contributed by atoms with Gasteiger partial charge in [0.25, 0.3) is 0 Å². The Balaban J connectivity index is 4.39. The average Bonchev–Trinajstić information content (AvgIpc) is 2.10. The summed E-state index contributed by atoms with van der Waals surface area (Å²) in [6.45, 7) is 0. The second kappa shape index (κ2) is 6.10. The van der Waals surface area contributed by atoms with Crippen molar-refractivity contribution in [2.24, 2.45) is 5.92 Å². The number of halogens is 3. The van der Waals surface area contributed by atoms with E-state index in [1.54, 1.807) is 0 Å². The van der Waals surface area contributed by atoms with Crippen molar-refractivity contribution in [1.29, 1.82) is 5.26 Å². The van der Waals surface area contributed by atoms with E-state index < -0.39 is 49.5 Å². The molecule has 90 valence electrons. The molecule has 0 saturated carbocycles. The molecular formula is C9H10F3NO3. The summed E-state index contributed by atoms with van der Waals surface area (Å²) >= 11 is 0. The third-order valence-corrected chi connectivity index (χ3v) is 1.92. The number of carbonyl (C=O) groups excluding carboxylic acids is 1. The summed E-state index contributed by atoms with van der Waals surface area (Å²) in [6, 6.07) is 1.46. The minimum absolute atomic E-state index is 0.584. The Kier molecular flexibility index (Phi) is 5.50. The van der Waals surface area contributed by atoms with Crippen LogP contribution in [0.15, 0.2) is 0 Å². The van der Waals surface area contributed by atoms with Gasteiger partial charge < -0.3 is 5.11 Å². The Morgan fingerprint density at radius 2 is 1.94 bits per heavy atom. The van der Waals surface area contributed by atoms with Gasteiger partial charge in [0, 0.05) is 12.8 Å². The zero-order chi connectivity index (χ0) is 12.8. The number of carboxylic acid groups (broad SMARTS) is 1. The summed E-state index contributed by atoms with van der Waals surface area (Å²) in [7, 11) is 0. The highest BCUT2D eigenvalue weighted by atomic mass is 19.4. The van der Waals surface area contributed by atoms with Crippen LogP contribution in [0.4, 0.5) is 13.2 Å². The van der Waals surface area contributed by atoms with E-state index in [0.29, 0.717) is 0 Å². The van der Waals surface area contributed by atoms with Crippen LogP contribution in [-0.4, -0.2) is 23.0 Å². The lowest BCUT2D eigenvalue weighted by Crippen LogP contribution is -2.26. The van der Waals surface area contributed by atoms with Crippen molar-refractivity contribution in [3.63, 3.8) is 0 Å². The van der Waals surface area contributed by atoms with Crippen LogP contribution in [-0.2, 0) is 9.59 Å². The molecule has 0 saturated heterocycles. The van der Waals surface area contributed by atoms with E-state index in [1.165, 1.54) is 6.07 Å². The van der Waals surface area contributed by atoms with E-state index >= 15 is 0 Å². The zero-order valence-electron chi connectivity index (χ0n) is 8.25. The van der Waals surface area contributed by atoms with Gasteiger partial charge in [-0.25, -0.2) is 0 Å². The molecule has 4 nitrogen and oxygen atoms in total. The van der Waals surface area contributed by atoms with Gasteiger partial charge in [0.2, 0.25) is 0 Å². The summed E-state index contributed by atoms with van der Waals surface area (Å²) in [5.41, 5.74) is 0. The van der Waals surface area contributed by atoms with Gasteiger partial charge in [0.15, 0.2) is 0 Å². The average molecular weight is 237 g/mol. The Hall–Kier alpha value is -1.58. The largest absolute Gasteiger partial charge is 0.481 e. The molecule has 0 fully saturated rings. The molecule has 0 aromatic carbocycles. The molecule has 0 heterocycles. The minimum atomic E-state index is -4.61. The molecule has 0 aromatic heterocycles. The van der Waals surface area contributed by atoms with E-state index in [0.717, 1.165) is 0 Å². The fourth-order valence-corrected chi connectivity index (χ4v) is 1.11. The Morgan fingerprint density at radius 1 is 1.38 bits per heavy atom. The van der Waals surface area contributed by atoms with Crippen molar-refractivity contribution in [2.45, 2.75) is 31.9 Å². The molecule has 0 aliphatic carbocycles. The van der Waals surface area contributed by atoms with Crippen LogP contribution in [0.25, 0.3) is 0 Å². The number of nitriles is 1. The predicted molar refractivity (Wildman–Crippen MR) is 46.3 cm³/mol. The summed E-state index contributed by atoms with van der Waals surface area (Å²) in [5, 5.41) is 16.4. The monoisotopic (exact) mass is 237 g/mol. The quantitative estimate of drug-likeness (QED) is 0.765. The summed E-state index contributed by atoms with van der Waals surface area (Å²) in [6.07, 6.45) is -7.31. The minimum Gasteiger partial charge on any atom is -0.481 e. The summed E-state index contributed by atoms with van der Waals surface area (Å²) in [5.74, 6) is -4.15. The number of aliphatic carboxylic acids is 1. The maximum Gasteiger partial charge on any atom is 0.392 e. The van der Waals surface area contributed by atoms with Gasteiger partial charge in [-0.05, 0) is 6.42 Å². The SMILES string of the molecule is N#CCC(=O)CC(CCC(=O)O)C(F)(F)F. The van der Waals surface area contributed by atoms with Gasteiger partial charge in [-0.15, -0.1) is 0 Å². The molecular weight excluding hydrogens is 227 g/mol. The Bertz CT molecular complexity index is 306. The van der Waals surface area contributed by atoms with Crippen molar-refractivity contribution >= 4 is 11.8 Å². The first-order chi connectivity index (χ1) is 7.27. The lowest BCUT2D eigenvalue weighted by atomic mass is 9.95. The van der Waals surface area contributed by atoms with Gasteiger partial charge in [-0.2, -0.15) is 18.4 Å². The lowest BCUT2D eigenvalue weighted by molar-refractivity contribution is -0.181. The molecule has 0 aromatic rings. The fourth-order valence-electron chi connectivity index (χ4n) is 1.11. The van der Waals surface area contributed by atoms with E-state index in [-0.39, 0.29) is 0 Å². The molecule has 0 rings (SSSR count). The summed E-state index contributed by atoms with van der Waals surface area (Å²) < 4.78 is 37.0. The standard InChI is InChI=1S/C9H10F3NO3/c10-9(11,12)6(1-2-8(15)16)5-7(14)3-4-13/h6H,1-3,5H2,(H,15,16). The van der Waals surface area contributed by atoms with Crippen molar-refractivity contribution in [3.05, 3.63) is 0 Å². The van der Waals surface area contributed by atoms with E-state index in [9.17, 15) is 22.8 Å². The molecule has 0 amide bonds. The van der Waals surface area contributed by atoms with Crippen molar-refractivity contribution in [2.75, 3.05) is 0 Å². The van der Waals surface area contributed by atoms with Gasteiger partial charge in [0.1, 0.15) is 5.78 Å². The molecule has 1 N–H and O–H groups in total. The van der Waals surface area contributed by atoms with E-state index in [1.807, 2.05) is 0 Å². The molecule has 1 unspecified atom stereocenters. The highest BCUT2D eigenvalue weighted by molar-refractivity contribution is 5.80. The van der Waals surface area contributed by atoms with Crippen LogP contribution < -0.4 is 0 Å². The molecule has 1 atom stereocenters. The number of rotatable bonds is 6. The van der Waals surface area contributed by atoms with Crippen LogP contribution in [0.5, 0.6) is 0 Å². The lowest BCUT2D eigenvalue weighted by Gasteiger charge is -2.18. The van der Waals surface area contributed by atoms with Crippen molar-refractivity contribution in [1.82, 2.24) is 0 Å². The number of alkyl halides is 3. The normalized spacial score (nSPS) is 12.9. The van der Waals surface area contributed by atoms with Crippen LogP contribution in [0, 0.1) is 17.2 Å². The second-order valence-corrected chi connectivity index (χ2v) is 3.25. The fraction of sp³-hybridized carbons (Fsp3) is 0.667. The number of hydrogen-bond donors (Lipinski definition) is 1. The van der Waals surface area contributed by atoms with E-state index in [4.69, 9.17) is 10.4 Å². The van der Waals surface area contributed by atoms with Crippen LogP contribution in [0.3, 0.4) is 0 Å². The number of ketones is 1. The number of carboxylic acids is 1. The van der Waals surface area contributed by atoms with Gasteiger partial charge in [0.05, 0.1) is 18.4 Å². The van der Waals surface area contributed by atoms with Crippen LogP contribution in [0.1, 0.15) is 25.7 Å². The smallest absolute Gasteiger partial charge is 0.392 e. The first kappa shape index (κ1) is 14.4. The molecule has 7 heteroatoms. The molecule has 16 heavy (non-hydrogen) atoms. The first-order valence-electron chi connectivity index (χ1n) is 4.44. The van der Waals surface area contributed by atoms with E-state index in [2.05, 4.69) is 0 Å². The summed E-state index contributed by atoms with van der Waals surface area (Å²) in [4.78, 5) is 21.0. The highest BCUT2D eigenvalue weighted by Crippen LogP contribution is 2.32. The topological polar surface area (TPSA) is 78.2 Å². The first-order valence-corrected chi connectivity index (χ1v) is 4.44. The van der Waals surface area contributed by atoms with Gasteiger partial charge in [-0.3, -0.25) is 9.59 Å². The van der Waals surface area contributed by atoms with Crippen LogP contribution >= 0.6 is 0 Å². The third-order valence-electron chi connectivity index (χ3n) is 1.92. The zero-order valence-corrected chi connectivity index (χ0v) is 8.25. The predicted octanol–water partition coefficient (Wildman–Crippen LogP) is 1.90. The number of nitrogens with zero attached hydrogens (tertiary/aromatic N) is 1. The van der Waals surface area contributed by atoms with Crippen molar-refractivity contribution in [3.8, 4) is 6.07 Å². The number of carbonyl (C=O) groups is 2. The molecule has 0 spiro atoms. The maximum absolute atomic E-state index is 12.3. The molecule has 0 radical (unpaired) electrons. The Morgan fingerprint density at radius 3 is 2.31 bits per heavy atom. The molecule has 0 aliphatic rings. The Labute approximate surface area is 89.7 Å². The maximum atomic E-state index is 12.3. The van der Waals surface area contributed by atoms with Crippen LogP contribution in [0.2, 0.25) is 0 Å². The number of hydrogen-bond acceptors (Lipinski definition) is 3. The second-order valence-electron chi connectivity index (χ2n) is 3.25. The molecule has 0 bridgehead atoms. The molecule has 0 aliphatic heterocycles. The highest BCUT2D eigenvalue weighted by Gasteiger charge is 2.40. The van der Waals surface area contributed by atoms with Crippen molar-refractivity contribution < 1.29 is 27.9 Å². The third kappa shape index (κ3) is 6.01. The van der Waals surface area contributed by atoms with Gasteiger partial charge >= 0.3 is 12.1 Å². The van der Waals surface area contributed by atoms with Gasteiger partial charge in [-0.1, -0.05) is 0 Å². The number of Topliss-reactive ketones (excluding diaryl/α,β-unsaturated/α-hetero) is 1.